The van der Waals surface area contributed by atoms with E-state index in [4.69, 9.17) is 4.74 Å². The van der Waals surface area contributed by atoms with E-state index in [1.54, 1.807) is 0 Å². The van der Waals surface area contributed by atoms with Crippen molar-refractivity contribution in [3.8, 4) is 0 Å². The Hall–Kier alpha value is -2.09. The molecular weight excluding hydrogens is 284 g/mol. The van der Waals surface area contributed by atoms with E-state index in [1.165, 1.54) is 24.8 Å². The number of carbonyl (C=O) groups excluding carboxylic acids is 1. The summed E-state index contributed by atoms with van der Waals surface area (Å²) in [7, 11) is 0. The quantitative estimate of drug-likeness (QED) is 0.714. The van der Waals surface area contributed by atoms with Crippen LogP contribution in [0.4, 0.5) is 0 Å². The highest BCUT2D eigenvalue weighted by Gasteiger charge is 2.27. The highest BCUT2D eigenvalue weighted by atomic mass is 16.5. The Kier molecular flexibility index (Phi) is 5.46. The molecule has 2 aromatic carbocycles. The van der Waals surface area contributed by atoms with Crippen LogP contribution in [0.15, 0.2) is 60.7 Å². The summed E-state index contributed by atoms with van der Waals surface area (Å²) in [4.78, 5) is 12.5. The van der Waals surface area contributed by atoms with Crippen LogP contribution in [0.2, 0.25) is 0 Å². The molecule has 3 rings (SSSR count). The minimum atomic E-state index is -0.197. The zero-order valence-corrected chi connectivity index (χ0v) is 13.5. The van der Waals surface area contributed by atoms with Crippen molar-refractivity contribution in [3.05, 3.63) is 71.8 Å². The molecule has 0 N–H and O–H groups in total. The highest BCUT2D eigenvalue weighted by Crippen LogP contribution is 2.33. The monoisotopic (exact) mass is 308 g/mol. The minimum Gasteiger partial charge on any atom is -0.458 e. The molecule has 0 heterocycles. The van der Waals surface area contributed by atoms with E-state index in [2.05, 4.69) is 24.3 Å². The molecule has 0 aliphatic heterocycles. The molecule has 1 aliphatic rings. The standard InChI is InChI=1S/C21H24O2/c22-21(18-13-7-4-8-14-18)23-20-16-10-2-1-9-15-19(20)17-11-5-3-6-12-17/h3-8,11-14,19-20H,1-2,9-10,15-16H2/t19-,20+/m0/s1. The molecule has 2 atom stereocenters. The normalized spacial score (nSPS) is 21.9. The van der Waals surface area contributed by atoms with E-state index in [0.717, 1.165) is 19.3 Å². The Balaban J connectivity index is 1.78. The maximum atomic E-state index is 12.5. The third-order valence-electron chi connectivity index (χ3n) is 4.70. The van der Waals surface area contributed by atoms with Crippen molar-refractivity contribution in [1.82, 2.24) is 0 Å². The van der Waals surface area contributed by atoms with Crippen LogP contribution < -0.4 is 0 Å². The Morgan fingerprint density at radius 3 is 2.09 bits per heavy atom. The fourth-order valence-electron chi connectivity index (χ4n) is 3.45. The Bertz CT molecular complexity index is 606. The minimum absolute atomic E-state index is 0.0228. The summed E-state index contributed by atoms with van der Waals surface area (Å²) in [5.74, 6) is 0.112. The smallest absolute Gasteiger partial charge is 0.338 e. The average molecular weight is 308 g/mol. The first-order chi connectivity index (χ1) is 11.3. The van der Waals surface area contributed by atoms with E-state index in [9.17, 15) is 4.79 Å². The molecule has 0 aromatic heterocycles. The van der Waals surface area contributed by atoms with Crippen LogP contribution in [-0.2, 0) is 4.74 Å². The predicted octanol–water partition coefficient (Wildman–Crippen LogP) is 5.35. The number of hydrogen-bond donors (Lipinski definition) is 0. The van der Waals surface area contributed by atoms with Gasteiger partial charge in [0.15, 0.2) is 0 Å². The van der Waals surface area contributed by atoms with E-state index in [1.807, 2.05) is 36.4 Å². The van der Waals surface area contributed by atoms with Crippen LogP contribution in [0.5, 0.6) is 0 Å². The molecule has 1 saturated carbocycles. The molecule has 2 nitrogen and oxygen atoms in total. The molecule has 0 unspecified atom stereocenters. The lowest BCUT2D eigenvalue weighted by Gasteiger charge is -2.29. The fourth-order valence-corrected chi connectivity index (χ4v) is 3.45. The first kappa shape index (κ1) is 15.8. The van der Waals surface area contributed by atoms with E-state index in [0.29, 0.717) is 11.5 Å². The van der Waals surface area contributed by atoms with Crippen LogP contribution in [0.1, 0.15) is 60.4 Å². The van der Waals surface area contributed by atoms with E-state index >= 15 is 0 Å². The molecule has 120 valence electrons. The van der Waals surface area contributed by atoms with Crippen molar-refractivity contribution in [3.63, 3.8) is 0 Å². The van der Waals surface area contributed by atoms with Gasteiger partial charge in [-0.25, -0.2) is 4.79 Å². The van der Waals surface area contributed by atoms with Crippen LogP contribution in [0.3, 0.4) is 0 Å². The molecule has 1 aliphatic carbocycles. The maximum absolute atomic E-state index is 12.5. The maximum Gasteiger partial charge on any atom is 0.338 e. The number of ether oxygens (including phenoxy) is 1. The summed E-state index contributed by atoms with van der Waals surface area (Å²) in [5.41, 5.74) is 1.93. The summed E-state index contributed by atoms with van der Waals surface area (Å²) in [6.45, 7) is 0. The van der Waals surface area contributed by atoms with Crippen LogP contribution in [-0.4, -0.2) is 12.1 Å². The van der Waals surface area contributed by atoms with Gasteiger partial charge in [-0.15, -0.1) is 0 Å². The molecule has 0 amide bonds. The molecule has 0 radical (unpaired) electrons. The third kappa shape index (κ3) is 4.22. The zero-order chi connectivity index (χ0) is 15.9. The lowest BCUT2D eigenvalue weighted by atomic mass is 9.83. The van der Waals surface area contributed by atoms with E-state index < -0.39 is 0 Å². The van der Waals surface area contributed by atoms with Crippen molar-refractivity contribution < 1.29 is 9.53 Å². The third-order valence-corrected chi connectivity index (χ3v) is 4.70. The van der Waals surface area contributed by atoms with Gasteiger partial charge in [0.2, 0.25) is 0 Å². The molecule has 1 fully saturated rings. The second-order valence-electron chi connectivity index (χ2n) is 6.32. The van der Waals surface area contributed by atoms with Crippen molar-refractivity contribution in [2.24, 2.45) is 0 Å². The molecule has 2 aromatic rings. The first-order valence-corrected chi connectivity index (χ1v) is 8.65. The van der Waals surface area contributed by atoms with Crippen LogP contribution in [0.25, 0.3) is 0 Å². The number of rotatable bonds is 3. The zero-order valence-electron chi connectivity index (χ0n) is 13.5. The van der Waals surface area contributed by atoms with Gasteiger partial charge in [0.1, 0.15) is 6.10 Å². The van der Waals surface area contributed by atoms with Gasteiger partial charge in [0, 0.05) is 5.92 Å². The topological polar surface area (TPSA) is 26.3 Å². The van der Waals surface area contributed by atoms with Crippen molar-refractivity contribution >= 4 is 5.97 Å². The van der Waals surface area contributed by atoms with Crippen LogP contribution >= 0.6 is 0 Å². The average Bonchev–Trinajstić information content (AvgIpc) is 2.59. The highest BCUT2D eigenvalue weighted by molar-refractivity contribution is 5.89. The molecule has 0 spiro atoms. The van der Waals surface area contributed by atoms with Gasteiger partial charge in [0.05, 0.1) is 5.56 Å². The molecule has 23 heavy (non-hydrogen) atoms. The number of hydrogen-bond acceptors (Lipinski definition) is 2. The van der Waals surface area contributed by atoms with Gasteiger partial charge in [-0.2, -0.15) is 0 Å². The van der Waals surface area contributed by atoms with Gasteiger partial charge in [-0.05, 0) is 37.0 Å². The Morgan fingerprint density at radius 2 is 1.39 bits per heavy atom. The summed E-state index contributed by atoms with van der Waals surface area (Å²) in [6, 6.07) is 19.8. The van der Waals surface area contributed by atoms with Gasteiger partial charge < -0.3 is 4.74 Å². The summed E-state index contributed by atoms with van der Waals surface area (Å²) < 4.78 is 5.94. The molecular formula is C21H24O2. The predicted molar refractivity (Wildman–Crippen MR) is 92.5 cm³/mol. The summed E-state index contributed by atoms with van der Waals surface area (Å²) in [5, 5.41) is 0. The SMILES string of the molecule is O=C(O[C@@H]1CCCCCC[C@H]1c1ccccc1)c1ccccc1. The lowest BCUT2D eigenvalue weighted by Crippen LogP contribution is -2.27. The van der Waals surface area contributed by atoms with Gasteiger partial charge >= 0.3 is 5.97 Å². The summed E-state index contributed by atoms with van der Waals surface area (Å²) >= 11 is 0. The number of benzene rings is 2. The first-order valence-electron chi connectivity index (χ1n) is 8.65. The summed E-state index contributed by atoms with van der Waals surface area (Å²) in [6.07, 6.45) is 6.89. The van der Waals surface area contributed by atoms with Gasteiger partial charge in [-0.3, -0.25) is 0 Å². The van der Waals surface area contributed by atoms with Crippen LogP contribution in [0, 0.1) is 0 Å². The number of esters is 1. The van der Waals surface area contributed by atoms with Gasteiger partial charge in [-0.1, -0.05) is 67.8 Å². The van der Waals surface area contributed by atoms with E-state index in [-0.39, 0.29) is 12.1 Å². The Morgan fingerprint density at radius 1 is 0.783 bits per heavy atom. The van der Waals surface area contributed by atoms with Crippen molar-refractivity contribution in [1.29, 1.82) is 0 Å². The molecule has 2 heteroatoms. The van der Waals surface area contributed by atoms with Gasteiger partial charge in [0.25, 0.3) is 0 Å². The Labute approximate surface area is 138 Å². The van der Waals surface area contributed by atoms with Crippen molar-refractivity contribution in [2.75, 3.05) is 0 Å². The fraction of sp³-hybridized carbons (Fsp3) is 0.381. The second-order valence-corrected chi connectivity index (χ2v) is 6.32. The second kappa shape index (κ2) is 7.96. The lowest BCUT2D eigenvalue weighted by molar-refractivity contribution is 0.0179. The molecule has 0 saturated heterocycles. The van der Waals surface area contributed by atoms with Crippen molar-refractivity contribution in [2.45, 2.75) is 50.5 Å². The number of carbonyl (C=O) groups is 1. The molecule has 0 bridgehead atoms. The largest absolute Gasteiger partial charge is 0.458 e.